The maximum absolute atomic E-state index is 13.1. The summed E-state index contributed by atoms with van der Waals surface area (Å²) in [5.41, 5.74) is 11.8. The summed E-state index contributed by atoms with van der Waals surface area (Å²) < 4.78 is 0. The molecule has 1 aromatic heterocycles. The van der Waals surface area contributed by atoms with E-state index in [2.05, 4.69) is 20.9 Å². The molecule has 0 saturated heterocycles. The molecular formula is C22H30N6O7. The second-order valence-corrected chi connectivity index (χ2v) is 8.02. The number of carbonyl (C=O) groups is 5. The number of amides is 4. The summed E-state index contributed by atoms with van der Waals surface area (Å²) in [5.74, 6) is -4.51. The highest BCUT2D eigenvalue weighted by atomic mass is 16.4. The lowest BCUT2D eigenvalue weighted by atomic mass is 10.0. The molecule has 4 atom stereocenters. The first-order valence-corrected chi connectivity index (χ1v) is 10.9. The van der Waals surface area contributed by atoms with Gasteiger partial charge in [-0.2, -0.15) is 0 Å². The van der Waals surface area contributed by atoms with Gasteiger partial charge in [-0.15, -0.1) is 0 Å². The Kier molecular flexibility index (Phi) is 9.73. The standard InChI is InChI=1S/C22H30N6O7/c1-11(29)19(28-18(31)9-23)21(33)27-16(8-12-10-25-14-5-3-2-4-13(12)14)20(32)26-15(22(34)35)6-7-17(24)30/h2-5,10-11,15-16,19,25,29H,6-9,23H2,1H3,(H2,24,30)(H,26,32)(H,27,33)(H,28,31)(H,34,35). The molecule has 35 heavy (non-hydrogen) atoms. The zero-order valence-corrected chi connectivity index (χ0v) is 19.1. The average Bonchev–Trinajstić information content (AvgIpc) is 3.21. The van der Waals surface area contributed by atoms with E-state index in [1.54, 1.807) is 12.3 Å². The third-order valence-electron chi connectivity index (χ3n) is 5.29. The minimum atomic E-state index is -1.43. The number of primary amides is 1. The van der Waals surface area contributed by atoms with Gasteiger partial charge in [-0.05, 0) is 25.0 Å². The van der Waals surface area contributed by atoms with Crippen LogP contribution in [0.1, 0.15) is 25.3 Å². The number of hydrogen-bond donors (Lipinski definition) is 8. The zero-order valence-electron chi connectivity index (χ0n) is 19.1. The molecule has 0 saturated carbocycles. The van der Waals surface area contributed by atoms with Gasteiger partial charge in [0.15, 0.2) is 0 Å². The minimum absolute atomic E-state index is 0.0406. The Balaban J connectivity index is 2.31. The predicted octanol–water partition coefficient (Wildman–Crippen LogP) is -2.15. The predicted molar refractivity (Wildman–Crippen MR) is 125 cm³/mol. The van der Waals surface area contributed by atoms with Crippen molar-refractivity contribution in [2.75, 3.05) is 6.54 Å². The maximum atomic E-state index is 13.1. The molecular weight excluding hydrogens is 460 g/mol. The van der Waals surface area contributed by atoms with Crippen molar-refractivity contribution in [1.82, 2.24) is 20.9 Å². The van der Waals surface area contributed by atoms with Gasteiger partial charge in [-0.3, -0.25) is 19.2 Å². The zero-order chi connectivity index (χ0) is 26.1. The fourth-order valence-corrected chi connectivity index (χ4v) is 3.45. The highest BCUT2D eigenvalue weighted by molar-refractivity contribution is 5.94. The van der Waals surface area contributed by atoms with Crippen molar-refractivity contribution in [2.24, 2.45) is 11.5 Å². The van der Waals surface area contributed by atoms with E-state index in [-0.39, 0.29) is 19.3 Å². The van der Waals surface area contributed by atoms with Crippen LogP contribution in [0.15, 0.2) is 30.5 Å². The van der Waals surface area contributed by atoms with E-state index < -0.39 is 60.4 Å². The lowest BCUT2D eigenvalue weighted by molar-refractivity contribution is -0.142. The van der Waals surface area contributed by atoms with Gasteiger partial charge < -0.3 is 42.6 Å². The van der Waals surface area contributed by atoms with Crippen LogP contribution in [0.25, 0.3) is 10.9 Å². The number of aliphatic hydroxyl groups is 1. The van der Waals surface area contributed by atoms with Gasteiger partial charge >= 0.3 is 5.97 Å². The molecule has 1 aromatic carbocycles. The van der Waals surface area contributed by atoms with Crippen LogP contribution in [-0.4, -0.2) is 75.6 Å². The maximum Gasteiger partial charge on any atom is 0.326 e. The molecule has 4 unspecified atom stereocenters. The number of nitrogens with two attached hydrogens (primary N) is 2. The molecule has 13 heteroatoms. The molecule has 0 spiro atoms. The first-order chi connectivity index (χ1) is 16.5. The highest BCUT2D eigenvalue weighted by Crippen LogP contribution is 2.19. The number of carboxylic acid groups (broad SMARTS) is 1. The number of hydrogen-bond acceptors (Lipinski definition) is 7. The molecule has 2 aromatic rings. The van der Waals surface area contributed by atoms with Crippen molar-refractivity contribution in [3.05, 3.63) is 36.0 Å². The van der Waals surface area contributed by atoms with E-state index in [0.29, 0.717) is 5.56 Å². The second-order valence-electron chi connectivity index (χ2n) is 8.02. The molecule has 0 fully saturated rings. The van der Waals surface area contributed by atoms with Crippen molar-refractivity contribution in [2.45, 2.75) is 50.4 Å². The molecule has 2 rings (SSSR count). The SMILES string of the molecule is CC(O)C(NC(=O)CN)C(=O)NC(Cc1c[nH]c2ccccc12)C(=O)NC(CCC(N)=O)C(=O)O. The van der Waals surface area contributed by atoms with Crippen molar-refractivity contribution < 1.29 is 34.2 Å². The lowest BCUT2D eigenvalue weighted by Crippen LogP contribution is -2.59. The first-order valence-electron chi connectivity index (χ1n) is 10.9. The number of carbonyl (C=O) groups excluding carboxylic acids is 4. The van der Waals surface area contributed by atoms with Crippen LogP contribution >= 0.6 is 0 Å². The number of H-pyrrole nitrogens is 1. The van der Waals surface area contributed by atoms with Gasteiger partial charge in [0.1, 0.15) is 18.1 Å². The Morgan fingerprint density at radius 1 is 1.03 bits per heavy atom. The Morgan fingerprint density at radius 3 is 2.29 bits per heavy atom. The van der Waals surface area contributed by atoms with Crippen molar-refractivity contribution in [3.63, 3.8) is 0 Å². The topological polar surface area (TPSA) is 230 Å². The summed E-state index contributed by atoms with van der Waals surface area (Å²) in [6.07, 6.45) is -0.217. The number of carboxylic acids is 1. The number of aromatic nitrogens is 1. The van der Waals surface area contributed by atoms with E-state index in [0.717, 1.165) is 10.9 Å². The van der Waals surface area contributed by atoms with Gasteiger partial charge in [0, 0.05) is 29.9 Å². The molecule has 4 amide bonds. The number of benzene rings is 1. The van der Waals surface area contributed by atoms with Crippen LogP contribution < -0.4 is 27.4 Å². The molecule has 0 bridgehead atoms. The number of nitrogens with one attached hydrogen (secondary N) is 4. The summed E-state index contributed by atoms with van der Waals surface area (Å²) >= 11 is 0. The van der Waals surface area contributed by atoms with Crippen LogP contribution in [0.5, 0.6) is 0 Å². The van der Waals surface area contributed by atoms with Gasteiger partial charge in [-0.25, -0.2) is 4.79 Å². The Morgan fingerprint density at radius 2 is 1.69 bits per heavy atom. The van der Waals surface area contributed by atoms with Gasteiger partial charge in [0.05, 0.1) is 12.6 Å². The smallest absolute Gasteiger partial charge is 0.326 e. The number of fused-ring (bicyclic) bond motifs is 1. The number of aromatic amines is 1. The molecule has 0 aliphatic heterocycles. The van der Waals surface area contributed by atoms with E-state index in [1.807, 2.05) is 18.2 Å². The molecule has 0 aliphatic carbocycles. The number of aliphatic hydroxyl groups excluding tert-OH is 1. The third-order valence-corrected chi connectivity index (χ3v) is 5.29. The van der Waals surface area contributed by atoms with E-state index in [1.165, 1.54) is 6.92 Å². The van der Waals surface area contributed by atoms with E-state index in [4.69, 9.17) is 11.5 Å². The van der Waals surface area contributed by atoms with Crippen LogP contribution in [0.4, 0.5) is 0 Å². The van der Waals surface area contributed by atoms with Crippen LogP contribution in [-0.2, 0) is 30.4 Å². The summed E-state index contributed by atoms with van der Waals surface area (Å²) in [4.78, 5) is 63.4. The van der Waals surface area contributed by atoms with Gasteiger partial charge in [-0.1, -0.05) is 18.2 Å². The van der Waals surface area contributed by atoms with Crippen LogP contribution in [0.3, 0.4) is 0 Å². The lowest BCUT2D eigenvalue weighted by Gasteiger charge is -2.25. The molecule has 0 radical (unpaired) electrons. The van der Waals surface area contributed by atoms with Crippen LogP contribution in [0.2, 0.25) is 0 Å². The third kappa shape index (κ3) is 7.79. The first kappa shape index (κ1) is 27.3. The Bertz CT molecular complexity index is 1080. The molecule has 13 nitrogen and oxygen atoms in total. The fraction of sp³-hybridized carbons (Fsp3) is 0.409. The van der Waals surface area contributed by atoms with Crippen LogP contribution in [0, 0.1) is 0 Å². The Hall–Kier alpha value is -3.97. The summed E-state index contributed by atoms with van der Waals surface area (Å²) in [7, 11) is 0. The number of aliphatic carboxylic acids is 1. The highest BCUT2D eigenvalue weighted by Gasteiger charge is 2.32. The fourth-order valence-electron chi connectivity index (χ4n) is 3.45. The molecule has 0 aliphatic rings. The largest absolute Gasteiger partial charge is 0.480 e. The number of para-hydroxylation sites is 1. The molecule has 1 heterocycles. The van der Waals surface area contributed by atoms with E-state index in [9.17, 15) is 34.2 Å². The average molecular weight is 491 g/mol. The Labute approximate surface area is 200 Å². The summed E-state index contributed by atoms with van der Waals surface area (Å²) in [5, 5.41) is 27.3. The summed E-state index contributed by atoms with van der Waals surface area (Å²) in [6, 6.07) is 3.12. The normalized spacial score (nSPS) is 14.4. The monoisotopic (exact) mass is 490 g/mol. The van der Waals surface area contributed by atoms with Gasteiger partial charge in [0.25, 0.3) is 0 Å². The molecule has 10 N–H and O–H groups in total. The van der Waals surface area contributed by atoms with Crippen molar-refractivity contribution in [3.8, 4) is 0 Å². The van der Waals surface area contributed by atoms with Gasteiger partial charge in [0.2, 0.25) is 23.6 Å². The quantitative estimate of drug-likeness (QED) is 0.154. The number of rotatable bonds is 13. The second kappa shape index (κ2) is 12.5. The minimum Gasteiger partial charge on any atom is -0.480 e. The summed E-state index contributed by atoms with van der Waals surface area (Å²) in [6.45, 7) is 0.857. The van der Waals surface area contributed by atoms with E-state index >= 15 is 0 Å². The molecule has 190 valence electrons. The van der Waals surface area contributed by atoms with Crippen molar-refractivity contribution in [1.29, 1.82) is 0 Å². The van der Waals surface area contributed by atoms with Crippen molar-refractivity contribution >= 4 is 40.5 Å².